The molecule has 404 valence electrons. The van der Waals surface area contributed by atoms with Crippen molar-refractivity contribution in [3.63, 3.8) is 0 Å². The van der Waals surface area contributed by atoms with Crippen molar-refractivity contribution in [3.05, 3.63) is 229 Å². The van der Waals surface area contributed by atoms with Crippen LogP contribution in [0.3, 0.4) is 0 Å². The summed E-state index contributed by atoms with van der Waals surface area (Å²) in [7, 11) is 0. The monoisotopic (exact) mass is 1080 g/mol. The van der Waals surface area contributed by atoms with Gasteiger partial charge in [0.05, 0.1) is 5.69 Å². The first-order valence-corrected chi connectivity index (χ1v) is 30.0. The van der Waals surface area contributed by atoms with Crippen molar-refractivity contribution in [2.24, 2.45) is 0 Å². The summed E-state index contributed by atoms with van der Waals surface area (Å²) in [5.74, 6) is 0. The van der Waals surface area contributed by atoms with Gasteiger partial charge in [0.1, 0.15) is 11.2 Å². The van der Waals surface area contributed by atoms with Crippen molar-refractivity contribution in [3.8, 4) is 22.3 Å². The van der Waals surface area contributed by atoms with Crippen LogP contribution in [-0.2, 0) is 21.7 Å². The third-order valence-corrected chi connectivity index (χ3v) is 18.6. The van der Waals surface area contributed by atoms with Crippen molar-refractivity contribution in [2.45, 2.75) is 105 Å². The first-order valence-electron chi connectivity index (χ1n) is 29.2. The van der Waals surface area contributed by atoms with E-state index < -0.39 is 0 Å². The van der Waals surface area contributed by atoms with E-state index in [1.807, 2.05) is 11.3 Å². The van der Waals surface area contributed by atoms with E-state index in [1.165, 1.54) is 75.7 Å². The summed E-state index contributed by atoms with van der Waals surface area (Å²) >= 11 is 1.88. The molecule has 2 aliphatic heterocycles. The highest BCUT2D eigenvalue weighted by atomic mass is 32.1. The second-order valence-corrected chi connectivity index (χ2v) is 28.1. The highest BCUT2D eigenvalue weighted by molar-refractivity contribution is 7.26. The number of thiophene rings is 1. The van der Waals surface area contributed by atoms with Crippen LogP contribution < -0.4 is 25.5 Å². The number of benzene rings is 10. The van der Waals surface area contributed by atoms with Crippen molar-refractivity contribution < 1.29 is 4.42 Å². The molecule has 14 rings (SSSR count). The maximum atomic E-state index is 7.30. The predicted molar refractivity (Wildman–Crippen MR) is 355 cm³/mol. The topological polar surface area (TPSA) is 22.9 Å². The predicted octanol–water partition coefficient (Wildman–Crippen LogP) is 21.0. The number of hydrogen-bond donors (Lipinski definition) is 0. The Labute approximate surface area is 488 Å². The molecular weight excluding hydrogens is 1010 g/mol. The lowest BCUT2D eigenvalue weighted by Crippen LogP contribution is -2.61. The average Bonchev–Trinajstić information content (AvgIpc) is 1.43. The van der Waals surface area contributed by atoms with E-state index in [0.29, 0.717) is 0 Å². The van der Waals surface area contributed by atoms with Gasteiger partial charge in [0.15, 0.2) is 0 Å². The van der Waals surface area contributed by atoms with Crippen LogP contribution in [0.5, 0.6) is 0 Å². The van der Waals surface area contributed by atoms with Crippen molar-refractivity contribution >= 4 is 117 Å². The minimum Gasteiger partial charge on any atom is -0.455 e. The van der Waals surface area contributed by atoms with E-state index >= 15 is 0 Å². The molecule has 10 aromatic carbocycles. The normalized spacial score (nSPS) is 13.5. The van der Waals surface area contributed by atoms with Crippen molar-refractivity contribution in [2.75, 3.05) is 14.6 Å². The van der Waals surface area contributed by atoms with Gasteiger partial charge in [-0.05, 0) is 145 Å². The van der Waals surface area contributed by atoms with Crippen LogP contribution in [0, 0.1) is 0 Å². The third kappa shape index (κ3) is 8.38. The van der Waals surface area contributed by atoms with Gasteiger partial charge in [-0.15, -0.1) is 11.3 Å². The Hall–Kier alpha value is -8.32. The zero-order valence-corrected chi connectivity index (χ0v) is 50.2. The highest BCUT2D eigenvalue weighted by Gasteiger charge is 2.48. The van der Waals surface area contributed by atoms with Gasteiger partial charge in [-0.3, -0.25) is 0 Å². The molecule has 0 N–H and O–H groups in total. The standard InChI is InChI=1S/C76H70BN3OS/c1-73(2,3)48-26-33-52(34-27-48)78(53-35-28-49(29-36-53)74(4,5)6)55-39-41-61-63(45-55)79(62-42-32-51(76(10,11)12)44-59(62)47-20-14-13-15-21-47)64-46-60-56-22-16-18-24-65(56)81-72(60)69-58-40-43-67-68(57-23-17-19-25-66(57)82-67)71(58)80(77(61)70(64)69)54-37-30-50(31-38-54)75(7,8)9/h13-46H,1-12H3. The van der Waals surface area contributed by atoms with Crippen LogP contribution in [-0.4, -0.2) is 6.85 Å². The Morgan fingerprint density at radius 1 is 0.427 bits per heavy atom. The molecule has 12 aromatic rings. The van der Waals surface area contributed by atoms with Gasteiger partial charge in [0.2, 0.25) is 0 Å². The number of para-hydroxylation sites is 1. The zero-order chi connectivity index (χ0) is 56.8. The van der Waals surface area contributed by atoms with Gasteiger partial charge in [0, 0.05) is 87.4 Å². The smallest absolute Gasteiger partial charge is 0.333 e. The van der Waals surface area contributed by atoms with Crippen LogP contribution in [0.25, 0.3) is 64.4 Å². The first-order chi connectivity index (χ1) is 39.2. The van der Waals surface area contributed by atoms with Crippen LogP contribution in [0.1, 0.15) is 105 Å². The molecule has 2 aromatic heterocycles. The summed E-state index contributed by atoms with van der Waals surface area (Å²) in [6, 6.07) is 78.4. The number of rotatable bonds is 6. The molecular formula is C76H70BN3OS. The summed E-state index contributed by atoms with van der Waals surface area (Å²) in [5.41, 5.74) is 23.0. The molecule has 82 heavy (non-hydrogen) atoms. The molecule has 0 saturated carbocycles. The fraction of sp³-hybridized carbons (Fsp3) is 0.211. The Morgan fingerprint density at radius 3 is 1.62 bits per heavy atom. The van der Waals surface area contributed by atoms with E-state index in [2.05, 4.69) is 304 Å². The summed E-state index contributed by atoms with van der Waals surface area (Å²) in [6.45, 7) is 27.4. The number of nitrogens with zero attached hydrogens (tertiary/aromatic N) is 3. The molecule has 0 saturated heterocycles. The van der Waals surface area contributed by atoms with Crippen LogP contribution >= 0.6 is 11.3 Å². The Kier molecular flexibility index (Phi) is 11.8. The maximum absolute atomic E-state index is 7.30. The minimum atomic E-state index is -0.278. The second kappa shape index (κ2) is 18.6. The molecule has 4 heterocycles. The molecule has 0 bridgehead atoms. The van der Waals surface area contributed by atoms with Crippen LogP contribution in [0.2, 0.25) is 0 Å². The van der Waals surface area contributed by atoms with Crippen molar-refractivity contribution in [1.82, 2.24) is 0 Å². The van der Waals surface area contributed by atoms with Gasteiger partial charge >= 0.3 is 6.85 Å². The van der Waals surface area contributed by atoms with E-state index in [4.69, 9.17) is 4.42 Å². The second-order valence-electron chi connectivity index (χ2n) is 27.0. The molecule has 0 aliphatic carbocycles. The number of furan rings is 1. The quantitative estimate of drug-likeness (QED) is 0.155. The molecule has 0 amide bonds. The maximum Gasteiger partial charge on any atom is 0.333 e. The van der Waals surface area contributed by atoms with Gasteiger partial charge in [0.25, 0.3) is 0 Å². The average molecular weight is 1080 g/mol. The van der Waals surface area contributed by atoms with Gasteiger partial charge < -0.3 is 19.0 Å². The number of fused-ring (bicyclic) bond motifs is 12. The Bertz CT molecular complexity index is 4430. The molecule has 6 heteroatoms. The molecule has 2 aliphatic rings. The Balaban J connectivity index is 1.14. The van der Waals surface area contributed by atoms with Gasteiger partial charge in [-0.2, -0.15) is 0 Å². The van der Waals surface area contributed by atoms with Crippen molar-refractivity contribution in [1.29, 1.82) is 0 Å². The summed E-state index contributed by atoms with van der Waals surface area (Å²) in [6.07, 6.45) is 0. The molecule has 0 atom stereocenters. The van der Waals surface area contributed by atoms with E-state index in [-0.39, 0.29) is 28.5 Å². The lowest BCUT2D eigenvalue weighted by atomic mass is 9.43. The summed E-state index contributed by atoms with van der Waals surface area (Å²) in [5, 5.41) is 4.74. The molecule has 0 radical (unpaired) electrons. The third-order valence-electron chi connectivity index (χ3n) is 17.5. The SMILES string of the molecule is CC(C)(C)c1ccc(N2B3c4ccc(N(c5ccc(C(C)(C)C)cc5)c5ccc(C(C)(C)C)cc5)cc4N(c4ccc(C(C)(C)C)cc4-c4ccccc4)c4cc5c(oc6ccccc65)c(c43)-c3ccc4sc5ccccc5c4c32)cc1. The first kappa shape index (κ1) is 51.8. The molecule has 0 spiro atoms. The largest absolute Gasteiger partial charge is 0.455 e. The lowest BCUT2D eigenvalue weighted by Gasteiger charge is -2.46. The van der Waals surface area contributed by atoms with Gasteiger partial charge in [-0.25, -0.2) is 0 Å². The minimum absolute atomic E-state index is 0.000543. The molecule has 4 nitrogen and oxygen atoms in total. The number of anilines is 8. The number of hydrogen-bond acceptors (Lipinski definition) is 5. The highest BCUT2D eigenvalue weighted by Crippen LogP contribution is 2.56. The summed E-state index contributed by atoms with van der Waals surface area (Å²) in [4.78, 5) is 7.79. The lowest BCUT2D eigenvalue weighted by molar-refractivity contribution is 0.590. The van der Waals surface area contributed by atoms with Crippen LogP contribution in [0.15, 0.2) is 211 Å². The Morgan fingerprint density at radius 2 is 0.988 bits per heavy atom. The van der Waals surface area contributed by atoms with E-state index in [0.717, 1.165) is 67.3 Å². The molecule has 0 unspecified atom stereocenters. The van der Waals surface area contributed by atoms with Gasteiger partial charge in [-0.1, -0.05) is 204 Å². The fourth-order valence-corrected chi connectivity index (χ4v) is 14.1. The fourth-order valence-electron chi connectivity index (χ4n) is 13.0. The summed E-state index contributed by atoms with van der Waals surface area (Å²) < 4.78 is 9.84. The van der Waals surface area contributed by atoms with E-state index in [9.17, 15) is 0 Å². The zero-order valence-electron chi connectivity index (χ0n) is 49.4. The van der Waals surface area contributed by atoms with Crippen LogP contribution in [0.4, 0.5) is 45.5 Å². The molecule has 0 fully saturated rings. The van der Waals surface area contributed by atoms with E-state index in [1.54, 1.807) is 0 Å².